The molecule has 19 heavy (non-hydrogen) atoms. The van der Waals surface area contributed by atoms with Gasteiger partial charge in [0.1, 0.15) is 0 Å². The van der Waals surface area contributed by atoms with Gasteiger partial charge in [0.05, 0.1) is 11.7 Å². The van der Waals surface area contributed by atoms with Gasteiger partial charge in [-0.3, -0.25) is 5.10 Å². The van der Waals surface area contributed by atoms with Crippen molar-refractivity contribution in [3.63, 3.8) is 0 Å². The van der Waals surface area contributed by atoms with Gasteiger partial charge in [0.2, 0.25) is 0 Å². The minimum atomic E-state index is 0.244. The van der Waals surface area contributed by atoms with Crippen molar-refractivity contribution in [2.24, 2.45) is 0 Å². The molecule has 0 radical (unpaired) electrons. The third kappa shape index (κ3) is 2.49. The number of benzene rings is 2. The Kier molecular flexibility index (Phi) is 3.25. The number of aromatic nitrogens is 2. The van der Waals surface area contributed by atoms with Gasteiger partial charge in [0.15, 0.2) is 0 Å². The zero-order valence-electron chi connectivity index (χ0n) is 10.5. The van der Waals surface area contributed by atoms with Crippen LogP contribution >= 0.6 is 15.9 Å². The number of aromatic amines is 1. The molecule has 0 aliphatic heterocycles. The van der Waals surface area contributed by atoms with Gasteiger partial charge in [-0.2, -0.15) is 5.10 Å². The van der Waals surface area contributed by atoms with Crippen LogP contribution in [0.25, 0.3) is 10.9 Å². The van der Waals surface area contributed by atoms with Crippen LogP contribution in [0.1, 0.15) is 18.5 Å². The normalized spacial score (nSPS) is 12.5. The molecule has 0 bridgehead atoms. The largest absolute Gasteiger partial charge is 0.378 e. The summed E-state index contributed by atoms with van der Waals surface area (Å²) in [5.41, 5.74) is 3.40. The van der Waals surface area contributed by atoms with Gasteiger partial charge in [-0.15, -0.1) is 0 Å². The molecule has 96 valence electrons. The molecule has 0 spiro atoms. The number of halogens is 1. The van der Waals surface area contributed by atoms with Crippen LogP contribution in [0.15, 0.2) is 53.1 Å². The van der Waals surface area contributed by atoms with Crippen molar-refractivity contribution in [3.8, 4) is 0 Å². The number of nitrogens with one attached hydrogen (secondary N) is 2. The second-order valence-electron chi connectivity index (χ2n) is 4.55. The van der Waals surface area contributed by atoms with E-state index in [-0.39, 0.29) is 6.04 Å². The SMILES string of the molecule is CC(Nc1cccc2[nH]ncc12)c1ccc(Br)cc1. The standard InChI is InChI=1S/C15H14BrN3/c1-10(11-5-7-12(16)8-6-11)18-14-3-2-4-15-13(14)9-17-19-15/h2-10,18H,1H3,(H,17,19). The Morgan fingerprint density at radius 1 is 1.16 bits per heavy atom. The zero-order chi connectivity index (χ0) is 13.2. The van der Waals surface area contributed by atoms with E-state index in [1.54, 1.807) is 0 Å². The highest BCUT2D eigenvalue weighted by Crippen LogP contribution is 2.26. The molecule has 1 unspecified atom stereocenters. The highest BCUT2D eigenvalue weighted by molar-refractivity contribution is 9.10. The number of hydrogen-bond acceptors (Lipinski definition) is 2. The number of anilines is 1. The van der Waals surface area contributed by atoms with Gasteiger partial charge in [-0.05, 0) is 36.8 Å². The van der Waals surface area contributed by atoms with Crippen LogP contribution in [0.3, 0.4) is 0 Å². The number of nitrogens with zero attached hydrogens (tertiary/aromatic N) is 1. The Labute approximate surface area is 120 Å². The summed E-state index contributed by atoms with van der Waals surface area (Å²) in [4.78, 5) is 0. The Morgan fingerprint density at radius 3 is 2.74 bits per heavy atom. The number of fused-ring (bicyclic) bond motifs is 1. The van der Waals surface area contributed by atoms with Crippen molar-refractivity contribution in [2.75, 3.05) is 5.32 Å². The number of hydrogen-bond donors (Lipinski definition) is 2. The van der Waals surface area contributed by atoms with Gasteiger partial charge in [0.25, 0.3) is 0 Å². The molecule has 0 saturated heterocycles. The molecule has 2 N–H and O–H groups in total. The molecule has 0 aliphatic rings. The van der Waals surface area contributed by atoms with E-state index < -0.39 is 0 Å². The van der Waals surface area contributed by atoms with Crippen LogP contribution < -0.4 is 5.32 Å². The van der Waals surface area contributed by atoms with Crippen molar-refractivity contribution in [1.82, 2.24) is 10.2 Å². The van der Waals surface area contributed by atoms with E-state index in [1.165, 1.54) is 5.56 Å². The zero-order valence-corrected chi connectivity index (χ0v) is 12.1. The van der Waals surface area contributed by atoms with Crippen LogP contribution in [0, 0.1) is 0 Å². The molecule has 3 rings (SSSR count). The molecule has 3 nitrogen and oxygen atoms in total. The first-order valence-electron chi connectivity index (χ1n) is 6.18. The summed E-state index contributed by atoms with van der Waals surface area (Å²) >= 11 is 3.46. The fourth-order valence-electron chi connectivity index (χ4n) is 2.16. The Hall–Kier alpha value is -1.81. The summed E-state index contributed by atoms with van der Waals surface area (Å²) in [6.45, 7) is 2.15. The monoisotopic (exact) mass is 315 g/mol. The van der Waals surface area contributed by atoms with Crippen LogP contribution in [0.2, 0.25) is 0 Å². The molecule has 2 aromatic carbocycles. The third-order valence-corrected chi connectivity index (χ3v) is 3.76. The predicted octanol–water partition coefficient (Wildman–Crippen LogP) is 4.50. The molecule has 1 heterocycles. The van der Waals surface area contributed by atoms with E-state index in [0.29, 0.717) is 0 Å². The van der Waals surface area contributed by atoms with Gasteiger partial charge >= 0.3 is 0 Å². The summed E-state index contributed by atoms with van der Waals surface area (Å²) in [7, 11) is 0. The molecule has 1 aromatic heterocycles. The minimum Gasteiger partial charge on any atom is -0.378 e. The van der Waals surface area contributed by atoms with Gasteiger partial charge in [-0.1, -0.05) is 34.1 Å². The number of rotatable bonds is 3. The molecule has 0 aliphatic carbocycles. The van der Waals surface area contributed by atoms with E-state index in [1.807, 2.05) is 18.3 Å². The van der Waals surface area contributed by atoms with Gasteiger partial charge < -0.3 is 5.32 Å². The Morgan fingerprint density at radius 2 is 1.95 bits per heavy atom. The van der Waals surface area contributed by atoms with Gasteiger partial charge in [0, 0.05) is 21.6 Å². The molecule has 4 heteroatoms. The fraction of sp³-hybridized carbons (Fsp3) is 0.133. The van der Waals surface area contributed by atoms with Crippen molar-refractivity contribution in [3.05, 3.63) is 58.7 Å². The van der Waals surface area contributed by atoms with Crippen molar-refractivity contribution >= 4 is 32.5 Å². The van der Waals surface area contributed by atoms with Crippen LogP contribution in [0.5, 0.6) is 0 Å². The van der Waals surface area contributed by atoms with Crippen molar-refractivity contribution in [2.45, 2.75) is 13.0 Å². The molecule has 0 saturated carbocycles. The Balaban J connectivity index is 1.88. The van der Waals surface area contributed by atoms with E-state index in [9.17, 15) is 0 Å². The summed E-state index contributed by atoms with van der Waals surface area (Å²) in [6.07, 6.45) is 1.85. The summed E-state index contributed by atoms with van der Waals surface area (Å²) in [6, 6.07) is 14.7. The maximum absolute atomic E-state index is 4.08. The summed E-state index contributed by atoms with van der Waals surface area (Å²) in [5, 5.41) is 11.7. The summed E-state index contributed by atoms with van der Waals surface area (Å²) in [5.74, 6) is 0. The highest BCUT2D eigenvalue weighted by Gasteiger charge is 2.08. The number of H-pyrrole nitrogens is 1. The van der Waals surface area contributed by atoms with Gasteiger partial charge in [-0.25, -0.2) is 0 Å². The van der Waals surface area contributed by atoms with Crippen molar-refractivity contribution < 1.29 is 0 Å². The van der Waals surface area contributed by atoms with E-state index in [4.69, 9.17) is 0 Å². The fourth-order valence-corrected chi connectivity index (χ4v) is 2.43. The third-order valence-electron chi connectivity index (χ3n) is 3.23. The maximum atomic E-state index is 4.08. The molecule has 0 fully saturated rings. The van der Waals surface area contributed by atoms with E-state index in [0.717, 1.165) is 21.1 Å². The minimum absolute atomic E-state index is 0.244. The molecule has 1 atom stereocenters. The second kappa shape index (κ2) is 5.05. The first kappa shape index (κ1) is 12.2. The summed E-state index contributed by atoms with van der Waals surface area (Å²) < 4.78 is 1.10. The van der Waals surface area contributed by atoms with Crippen molar-refractivity contribution in [1.29, 1.82) is 0 Å². The predicted molar refractivity (Wildman–Crippen MR) is 82.3 cm³/mol. The first-order valence-corrected chi connectivity index (χ1v) is 6.97. The van der Waals surface area contributed by atoms with Crippen LogP contribution in [-0.2, 0) is 0 Å². The van der Waals surface area contributed by atoms with Crippen LogP contribution in [0.4, 0.5) is 5.69 Å². The average Bonchev–Trinajstić information content (AvgIpc) is 2.89. The first-order chi connectivity index (χ1) is 9.24. The van der Waals surface area contributed by atoms with E-state index >= 15 is 0 Å². The quantitative estimate of drug-likeness (QED) is 0.747. The molecule has 0 amide bonds. The lowest BCUT2D eigenvalue weighted by Crippen LogP contribution is -2.06. The van der Waals surface area contributed by atoms with E-state index in [2.05, 4.69) is 68.7 Å². The highest BCUT2D eigenvalue weighted by atomic mass is 79.9. The molecular formula is C15H14BrN3. The molecule has 3 aromatic rings. The lowest BCUT2D eigenvalue weighted by Gasteiger charge is -2.16. The molecular weight excluding hydrogens is 302 g/mol. The lowest BCUT2D eigenvalue weighted by atomic mass is 10.1. The Bertz CT molecular complexity index is 688. The maximum Gasteiger partial charge on any atom is 0.0671 e. The van der Waals surface area contributed by atoms with Crippen LogP contribution in [-0.4, -0.2) is 10.2 Å². The lowest BCUT2D eigenvalue weighted by molar-refractivity contribution is 0.886. The topological polar surface area (TPSA) is 40.7 Å². The average molecular weight is 316 g/mol. The smallest absolute Gasteiger partial charge is 0.0671 e. The second-order valence-corrected chi connectivity index (χ2v) is 5.47.